The van der Waals surface area contributed by atoms with Crippen molar-refractivity contribution in [3.63, 3.8) is 0 Å². The molecule has 0 bridgehead atoms. The zero-order chi connectivity index (χ0) is 20.0. The molecule has 2 aromatic rings. The van der Waals surface area contributed by atoms with E-state index in [0.29, 0.717) is 49.2 Å². The maximum Gasteiger partial charge on any atom is 0.391 e. The van der Waals surface area contributed by atoms with Crippen molar-refractivity contribution in [3.05, 3.63) is 30.2 Å². The largest absolute Gasteiger partial charge is 0.391 e. The lowest BCUT2D eigenvalue weighted by molar-refractivity contribution is -0.183. The van der Waals surface area contributed by atoms with E-state index in [1.165, 1.54) is 0 Å². The first-order valence-electron chi connectivity index (χ1n) is 9.23. The molecule has 0 saturated heterocycles. The molecule has 0 aliphatic heterocycles. The molecule has 0 radical (unpaired) electrons. The normalized spacial score (nSPS) is 20.1. The summed E-state index contributed by atoms with van der Waals surface area (Å²) in [5.74, 6) is 0.0828. The SMILES string of the molecule is CN=C(NCCc1noc(-c2ccccn2)n1)NC1CCCC(C(F)(F)F)C1.I. The maximum absolute atomic E-state index is 12.9. The van der Waals surface area contributed by atoms with Gasteiger partial charge in [-0.05, 0) is 31.4 Å². The highest BCUT2D eigenvalue weighted by Crippen LogP contribution is 2.37. The standard InChI is InChI=1S/C18H23F3N6O.HI/c1-22-17(25-13-6-4-5-12(11-13)18(19,20)21)24-10-8-15-26-16(28-27-15)14-7-2-3-9-23-14;/h2-3,7,9,12-13H,4-6,8,10-11H2,1H3,(H2,22,24,25);1H. The summed E-state index contributed by atoms with van der Waals surface area (Å²) in [6.45, 7) is 0.469. The van der Waals surface area contributed by atoms with Crippen molar-refractivity contribution < 1.29 is 17.7 Å². The lowest BCUT2D eigenvalue weighted by atomic mass is 9.85. The van der Waals surface area contributed by atoms with Gasteiger partial charge in [0.2, 0.25) is 0 Å². The molecule has 0 aromatic carbocycles. The number of pyridine rings is 1. The Bertz CT molecular complexity index is 783. The van der Waals surface area contributed by atoms with Crippen molar-refractivity contribution >= 4 is 29.9 Å². The van der Waals surface area contributed by atoms with Crippen LogP contribution in [0.3, 0.4) is 0 Å². The van der Waals surface area contributed by atoms with Gasteiger partial charge in [-0.15, -0.1) is 24.0 Å². The number of nitrogens with one attached hydrogen (secondary N) is 2. The summed E-state index contributed by atoms with van der Waals surface area (Å²) in [4.78, 5) is 12.5. The van der Waals surface area contributed by atoms with E-state index in [2.05, 4.69) is 30.8 Å². The Hall–Kier alpha value is -1.92. The number of aliphatic imine (C=N–C) groups is 1. The molecule has 1 aliphatic carbocycles. The van der Waals surface area contributed by atoms with E-state index in [0.717, 1.165) is 0 Å². The molecule has 0 amide bonds. The molecule has 3 rings (SSSR count). The quantitative estimate of drug-likeness (QED) is 0.354. The van der Waals surface area contributed by atoms with Gasteiger partial charge in [-0.2, -0.15) is 18.2 Å². The van der Waals surface area contributed by atoms with Gasteiger partial charge >= 0.3 is 6.18 Å². The van der Waals surface area contributed by atoms with Gasteiger partial charge in [0, 0.05) is 32.3 Å². The fourth-order valence-corrected chi connectivity index (χ4v) is 3.25. The number of rotatable bonds is 5. The highest BCUT2D eigenvalue weighted by molar-refractivity contribution is 14.0. The van der Waals surface area contributed by atoms with Gasteiger partial charge in [-0.1, -0.05) is 17.6 Å². The molecule has 160 valence electrons. The van der Waals surface area contributed by atoms with Crippen molar-refractivity contribution in [1.29, 1.82) is 0 Å². The van der Waals surface area contributed by atoms with Crippen molar-refractivity contribution in [1.82, 2.24) is 25.8 Å². The van der Waals surface area contributed by atoms with Crippen LogP contribution in [0.2, 0.25) is 0 Å². The van der Waals surface area contributed by atoms with Crippen LogP contribution in [-0.4, -0.2) is 46.9 Å². The van der Waals surface area contributed by atoms with E-state index in [4.69, 9.17) is 4.52 Å². The average molecular weight is 524 g/mol. The number of aromatic nitrogens is 3. The maximum atomic E-state index is 12.9. The molecule has 2 atom stereocenters. The highest BCUT2D eigenvalue weighted by Gasteiger charge is 2.42. The Labute approximate surface area is 184 Å². The molecule has 1 saturated carbocycles. The van der Waals surface area contributed by atoms with Crippen LogP contribution in [0.15, 0.2) is 33.9 Å². The van der Waals surface area contributed by atoms with Gasteiger partial charge in [0.05, 0.1) is 5.92 Å². The third-order valence-electron chi connectivity index (χ3n) is 4.69. The number of nitrogens with zero attached hydrogens (tertiary/aromatic N) is 4. The third kappa shape index (κ3) is 6.82. The summed E-state index contributed by atoms with van der Waals surface area (Å²) in [5.41, 5.74) is 0.600. The van der Waals surface area contributed by atoms with Gasteiger partial charge < -0.3 is 15.2 Å². The summed E-state index contributed by atoms with van der Waals surface area (Å²) >= 11 is 0. The molecule has 2 heterocycles. The monoisotopic (exact) mass is 524 g/mol. The molecule has 7 nitrogen and oxygen atoms in total. The first-order chi connectivity index (χ1) is 13.5. The number of halogens is 4. The molecule has 11 heteroatoms. The smallest absolute Gasteiger partial charge is 0.356 e. The minimum Gasteiger partial charge on any atom is -0.356 e. The minimum atomic E-state index is -4.14. The van der Waals surface area contributed by atoms with Crippen molar-refractivity contribution in [3.8, 4) is 11.6 Å². The van der Waals surface area contributed by atoms with E-state index in [9.17, 15) is 13.2 Å². The molecular weight excluding hydrogens is 500 g/mol. The Morgan fingerprint density at radius 2 is 2.14 bits per heavy atom. The predicted octanol–water partition coefficient (Wildman–Crippen LogP) is 3.58. The number of hydrogen-bond acceptors (Lipinski definition) is 5. The zero-order valence-corrected chi connectivity index (χ0v) is 18.3. The van der Waals surface area contributed by atoms with Crippen molar-refractivity contribution in [2.45, 2.75) is 44.3 Å². The van der Waals surface area contributed by atoms with Crippen LogP contribution in [0, 0.1) is 5.92 Å². The number of alkyl halides is 3. The van der Waals surface area contributed by atoms with Crippen LogP contribution in [-0.2, 0) is 6.42 Å². The zero-order valence-electron chi connectivity index (χ0n) is 15.9. The van der Waals surface area contributed by atoms with Crippen LogP contribution in [0.5, 0.6) is 0 Å². The summed E-state index contributed by atoms with van der Waals surface area (Å²) in [5, 5.41) is 10.1. The summed E-state index contributed by atoms with van der Waals surface area (Å²) in [6.07, 6.45) is -0.491. The first kappa shape index (κ1) is 23.4. The number of guanidine groups is 1. The Balaban J connectivity index is 0.00000300. The van der Waals surface area contributed by atoms with E-state index < -0.39 is 12.1 Å². The summed E-state index contributed by atoms with van der Waals surface area (Å²) < 4.78 is 44.0. The van der Waals surface area contributed by atoms with Gasteiger partial charge in [0.1, 0.15) is 5.69 Å². The number of hydrogen-bond donors (Lipinski definition) is 2. The highest BCUT2D eigenvalue weighted by atomic mass is 127. The molecule has 2 unspecified atom stereocenters. The van der Waals surface area contributed by atoms with Crippen LogP contribution >= 0.6 is 24.0 Å². The van der Waals surface area contributed by atoms with Gasteiger partial charge in [-0.3, -0.25) is 9.98 Å². The van der Waals surface area contributed by atoms with Crippen molar-refractivity contribution in [2.24, 2.45) is 10.9 Å². The second kappa shape index (κ2) is 10.7. The van der Waals surface area contributed by atoms with E-state index in [-0.39, 0.29) is 42.9 Å². The van der Waals surface area contributed by atoms with Crippen LogP contribution < -0.4 is 10.6 Å². The fraction of sp³-hybridized carbons (Fsp3) is 0.556. The molecule has 29 heavy (non-hydrogen) atoms. The topological polar surface area (TPSA) is 88.2 Å². The second-order valence-corrected chi connectivity index (χ2v) is 6.73. The lowest BCUT2D eigenvalue weighted by Gasteiger charge is -2.31. The molecule has 1 fully saturated rings. The molecule has 0 spiro atoms. The van der Waals surface area contributed by atoms with E-state index in [1.807, 2.05) is 6.07 Å². The Morgan fingerprint density at radius 1 is 1.31 bits per heavy atom. The Kier molecular flexibility index (Phi) is 8.65. The third-order valence-corrected chi connectivity index (χ3v) is 4.69. The van der Waals surface area contributed by atoms with Crippen LogP contribution in [0.1, 0.15) is 31.5 Å². The Morgan fingerprint density at radius 3 is 2.83 bits per heavy atom. The second-order valence-electron chi connectivity index (χ2n) is 6.73. The minimum absolute atomic E-state index is 0. The first-order valence-corrected chi connectivity index (χ1v) is 9.23. The van der Waals surface area contributed by atoms with Gasteiger partial charge in [-0.25, -0.2) is 0 Å². The molecule has 2 aromatic heterocycles. The summed E-state index contributed by atoms with van der Waals surface area (Å²) in [6, 6.07) is 5.16. The molecule has 1 aliphatic rings. The molecular formula is C18H24F3IN6O. The fourth-order valence-electron chi connectivity index (χ4n) is 3.25. The summed E-state index contributed by atoms with van der Waals surface area (Å²) in [7, 11) is 1.59. The predicted molar refractivity (Wildman–Crippen MR) is 113 cm³/mol. The van der Waals surface area contributed by atoms with Gasteiger partial charge in [0.15, 0.2) is 11.8 Å². The average Bonchev–Trinajstić information content (AvgIpc) is 3.16. The lowest BCUT2D eigenvalue weighted by Crippen LogP contribution is -2.47. The van der Waals surface area contributed by atoms with E-state index >= 15 is 0 Å². The van der Waals surface area contributed by atoms with E-state index in [1.54, 1.807) is 25.4 Å². The van der Waals surface area contributed by atoms with Crippen molar-refractivity contribution in [2.75, 3.05) is 13.6 Å². The van der Waals surface area contributed by atoms with Crippen LogP contribution in [0.4, 0.5) is 13.2 Å². The van der Waals surface area contributed by atoms with Crippen LogP contribution in [0.25, 0.3) is 11.6 Å². The van der Waals surface area contributed by atoms with Gasteiger partial charge in [0.25, 0.3) is 5.89 Å². The molecule has 2 N–H and O–H groups in total.